The number of hydrogen-bond donors (Lipinski definition) is 3. The highest BCUT2D eigenvalue weighted by atomic mass is 35.5. The minimum atomic E-state index is -0.902. The van der Waals surface area contributed by atoms with Crippen molar-refractivity contribution in [3.8, 4) is 0 Å². The highest BCUT2D eigenvalue weighted by Crippen LogP contribution is 2.42. The molecule has 4 nitrogen and oxygen atoms in total. The Hall–Kier alpha value is -1.26. The summed E-state index contributed by atoms with van der Waals surface area (Å²) in [7, 11) is 0. The third kappa shape index (κ3) is 5.46. The molecule has 3 atom stereocenters. The van der Waals surface area contributed by atoms with Gasteiger partial charge in [-0.2, -0.15) is 0 Å². The van der Waals surface area contributed by atoms with E-state index in [0.717, 1.165) is 18.9 Å². The van der Waals surface area contributed by atoms with Crippen LogP contribution in [0.15, 0.2) is 18.2 Å². The van der Waals surface area contributed by atoms with Crippen LogP contribution >= 0.6 is 12.4 Å². The molecule has 2 aliphatic carbocycles. The molecule has 162 valence electrons. The van der Waals surface area contributed by atoms with Gasteiger partial charge in [0.2, 0.25) is 0 Å². The summed E-state index contributed by atoms with van der Waals surface area (Å²) in [5.74, 6) is 2.04. The molecule has 0 aromatic heterocycles. The molecule has 2 fully saturated rings. The number of carbonyl (C=O) groups is 1. The predicted molar refractivity (Wildman–Crippen MR) is 120 cm³/mol. The number of hydrogen-bond acceptors (Lipinski definition) is 2. The third-order valence-corrected chi connectivity index (χ3v) is 7.56. The summed E-state index contributed by atoms with van der Waals surface area (Å²) in [6.07, 6.45) is 13.2. The molecule has 1 amide bonds. The molecule has 0 radical (unpaired) electrons. The van der Waals surface area contributed by atoms with Gasteiger partial charge in [-0.05, 0) is 73.6 Å². The second kappa shape index (κ2) is 10.7. The lowest BCUT2D eigenvalue weighted by molar-refractivity contribution is 0.194. The summed E-state index contributed by atoms with van der Waals surface area (Å²) in [5.41, 5.74) is 4.69. The van der Waals surface area contributed by atoms with Crippen molar-refractivity contribution in [2.45, 2.75) is 88.5 Å². The van der Waals surface area contributed by atoms with Crippen LogP contribution in [0.25, 0.3) is 0 Å². The van der Waals surface area contributed by atoms with E-state index in [-0.39, 0.29) is 12.4 Å². The van der Waals surface area contributed by atoms with E-state index in [9.17, 15) is 4.79 Å². The SMILES string of the molecule is Cl.O=C(O)NCCC(CCC1CCCCC1)c1cccc2c1CC[C@@H]1NCC[C@H]21. The zero-order chi connectivity index (χ0) is 19.3. The van der Waals surface area contributed by atoms with Crippen molar-refractivity contribution >= 4 is 18.5 Å². The van der Waals surface area contributed by atoms with Crippen LogP contribution in [0.1, 0.15) is 92.7 Å². The second-order valence-electron chi connectivity index (χ2n) is 9.21. The number of fused-ring (bicyclic) bond motifs is 3. The Morgan fingerprint density at radius 1 is 1.14 bits per heavy atom. The van der Waals surface area contributed by atoms with Gasteiger partial charge >= 0.3 is 6.09 Å². The zero-order valence-electron chi connectivity index (χ0n) is 17.5. The average Bonchev–Trinajstić information content (AvgIpc) is 3.20. The Morgan fingerprint density at radius 3 is 2.76 bits per heavy atom. The normalized spacial score (nSPS) is 24.8. The molecule has 3 N–H and O–H groups in total. The van der Waals surface area contributed by atoms with Crippen LogP contribution in [0.3, 0.4) is 0 Å². The van der Waals surface area contributed by atoms with Crippen molar-refractivity contribution in [1.82, 2.24) is 10.6 Å². The van der Waals surface area contributed by atoms with Crippen molar-refractivity contribution in [2.24, 2.45) is 5.92 Å². The predicted octanol–water partition coefficient (Wildman–Crippen LogP) is 5.60. The zero-order valence-corrected chi connectivity index (χ0v) is 18.3. The molecule has 1 heterocycles. The standard InChI is InChI=1S/C24H36N2O2.ClH/c27-24(28)26-15-13-18(10-9-17-5-2-1-3-6-17)19-7-4-8-20-21(19)11-12-23-22(20)14-16-25-23;/h4,7-8,17-18,22-23,25-26H,1-3,5-6,9-16H2,(H,27,28);1H/t18?,22-,23+;/m1./s1. The molecule has 5 heteroatoms. The first-order chi connectivity index (χ1) is 13.7. The molecule has 1 aliphatic heterocycles. The van der Waals surface area contributed by atoms with Crippen LogP contribution in [-0.2, 0) is 6.42 Å². The van der Waals surface area contributed by atoms with Gasteiger partial charge in [0.1, 0.15) is 0 Å². The summed E-state index contributed by atoms with van der Waals surface area (Å²) in [6.45, 7) is 1.70. The Morgan fingerprint density at radius 2 is 1.97 bits per heavy atom. The van der Waals surface area contributed by atoms with Gasteiger partial charge in [-0.1, -0.05) is 50.3 Å². The van der Waals surface area contributed by atoms with Crippen molar-refractivity contribution < 1.29 is 9.90 Å². The summed E-state index contributed by atoms with van der Waals surface area (Å²) in [4.78, 5) is 11.0. The molecule has 4 rings (SSSR count). The molecular formula is C24H37ClN2O2. The van der Waals surface area contributed by atoms with Crippen LogP contribution in [0.5, 0.6) is 0 Å². The lowest BCUT2D eigenvalue weighted by Crippen LogP contribution is -2.31. The number of benzene rings is 1. The van der Waals surface area contributed by atoms with Gasteiger partial charge in [-0.3, -0.25) is 0 Å². The van der Waals surface area contributed by atoms with Gasteiger partial charge in [0, 0.05) is 18.5 Å². The van der Waals surface area contributed by atoms with Crippen LogP contribution < -0.4 is 10.6 Å². The van der Waals surface area contributed by atoms with Crippen molar-refractivity contribution in [2.75, 3.05) is 13.1 Å². The van der Waals surface area contributed by atoms with E-state index < -0.39 is 6.09 Å². The van der Waals surface area contributed by atoms with Crippen LogP contribution in [0.4, 0.5) is 4.79 Å². The third-order valence-electron chi connectivity index (χ3n) is 7.56. The monoisotopic (exact) mass is 420 g/mol. The van der Waals surface area contributed by atoms with E-state index in [0.29, 0.717) is 24.4 Å². The number of nitrogens with one attached hydrogen (secondary N) is 2. The van der Waals surface area contributed by atoms with E-state index in [4.69, 9.17) is 5.11 Å². The number of amides is 1. The van der Waals surface area contributed by atoms with Crippen LogP contribution in [0.2, 0.25) is 0 Å². The fourth-order valence-corrected chi connectivity index (χ4v) is 6.11. The van der Waals surface area contributed by atoms with Crippen molar-refractivity contribution in [1.29, 1.82) is 0 Å². The maximum atomic E-state index is 11.0. The Bertz CT molecular complexity index is 675. The van der Waals surface area contributed by atoms with Gasteiger partial charge in [0.25, 0.3) is 0 Å². The first-order valence-corrected chi connectivity index (χ1v) is 11.5. The summed E-state index contributed by atoms with van der Waals surface area (Å²) < 4.78 is 0. The second-order valence-corrected chi connectivity index (χ2v) is 9.21. The van der Waals surface area contributed by atoms with Gasteiger partial charge < -0.3 is 15.7 Å². The topological polar surface area (TPSA) is 61.4 Å². The van der Waals surface area contributed by atoms with E-state index in [1.54, 1.807) is 11.1 Å². The molecule has 1 saturated heterocycles. The molecule has 0 bridgehead atoms. The molecule has 1 aromatic rings. The number of halogens is 1. The van der Waals surface area contributed by atoms with Gasteiger partial charge in [0.15, 0.2) is 0 Å². The Balaban J connectivity index is 0.00000240. The fraction of sp³-hybridized carbons (Fsp3) is 0.708. The Kier molecular flexibility index (Phi) is 8.25. The maximum Gasteiger partial charge on any atom is 0.404 e. The molecular weight excluding hydrogens is 384 g/mol. The molecule has 1 aromatic carbocycles. The summed E-state index contributed by atoms with van der Waals surface area (Å²) in [5, 5.41) is 15.3. The smallest absolute Gasteiger partial charge is 0.404 e. The molecule has 29 heavy (non-hydrogen) atoms. The summed E-state index contributed by atoms with van der Waals surface area (Å²) in [6, 6.07) is 7.62. The summed E-state index contributed by atoms with van der Waals surface area (Å²) >= 11 is 0. The van der Waals surface area contributed by atoms with Gasteiger partial charge in [-0.25, -0.2) is 4.79 Å². The number of carboxylic acid groups (broad SMARTS) is 1. The number of rotatable bonds is 7. The Labute approximate surface area is 181 Å². The van der Waals surface area contributed by atoms with E-state index in [1.807, 2.05) is 0 Å². The first-order valence-electron chi connectivity index (χ1n) is 11.5. The lowest BCUT2D eigenvalue weighted by Gasteiger charge is -2.32. The molecule has 0 spiro atoms. The van der Waals surface area contributed by atoms with E-state index in [2.05, 4.69) is 28.8 Å². The first kappa shape index (κ1) is 22.4. The average molecular weight is 421 g/mol. The molecule has 1 unspecified atom stereocenters. The quantitative estimate of drug-likeness (QED) is 0.537. The van der Waals surface area contributed by atoms with E-state index >= 15 is 0 Å². The maximum absolute atomic E-state index is 11.0. The van der Waals surface area contributed by atoms with Crippen LogP contribution in [0, 0.1) is 5.92 Å². The molecule has 1 saturated carbocycles. The molecule has 3 aliphatic rings. The van der Waals surface area contributed by atoms with Crippen LogP contribution in [-0.4, -0.2) is 30.3 Å². The minimum Gasteiger partial charge on any atom is -0.465 e. The van der Waals surface area contributed by atoms with Gasteiger partial charge in [-0.15, -0.1) is 12.4 Å². The van der Waals surface area contributed by atoms with E-state index in [1.165, 1.54) is 69.8 Å². The lowest BCUT2D eigenvalue weighted by atomic mass is 9.74. The minimum absolute atomic E-state index is 0. The fourth-order valence-electron chi connectivity index (χ4n) is 6.11. The van der Waals surface area contributed by atoms with Crippen molar-refractivity contribution in [3.63, 3.8) is 0 Å². The van der Waals surface area contributed by atoms with Gasteiger partial charge in [0.05, 0.1) is 0 Å². The largest absolute Gasteiger partial charge is 0.465 e. The highest BCUT2D eigenvalue weighted by molar-refractivity contribution is 5.85. The van der Waals surface area contributed by atoms with Crippen molar-refractivity contribution in [3.05, 3.63) is 34.9 Å². The highest BCUT2D eigenvalue weighted by Gasteiger charge is 2.34.